The van der Waals surface area contributed by atoms with E-state index in [-0.39, 0.29) is 116 Å². The van der Waals surface area contributed by atoms with Crippen molar-refractivity contribution < 1.29 is 29.5 Å². The van der Waals surface area contributed by atoms with Gasteiger partial charge in [0.25, 0.3) is 34.1 Å². The minimum absolute atomic E-state index is 0. The van der Waals surface area contributed by atoms with Crippen LogP contribution in [0.5, 0.6) is 0 Å². The van der Waals surface area contributed by atoms with E-state index in [0.717, 1.165) is 65.3 Å². The third kappa shape index (κ3) is 24.7. The Kier molecular flexibility index (Phi) is 30.5. The van der Waals surface area contributed by atoms with Crippen LogP contribution < -0.4 is 0 Å². The van der Waals surface area contributed by atoms with Crippen LogP contribution in [-0.4, -0.2) is 29.5 Å². The highest BCUT2D eigenvalue weighted by molar-refractivity contribution is 5.95. The lowest BCUT2D eigenvalue weighted by atomic mass is 9.84. The minimum Gasteiger partial charge on any atom is -0.258 e. The zero-order valence-electron chi connectivity index (χ0n) is 71.3. The Morgan fingerprint density at radius 3 is 1.04 bits per heavy atom. The van der Waals surface area contributed by atoms with Gasteiger partial charge in [0.05, 0.1) is 51.1 Å². The first-order valence-corrected chi connectivity index (χ1v) is 38.9. The highest BCUT2D eigenvalue weighted by atomic mass is 16.6. The molecule has 622 valence electrons. The predicted molar refractivity (Wildman–Crippen MR) is 497 cm³/mol. The smallest absolute Gasteiger partial charge is 0.258 e. The Bertz CT molecular complexity index is 6000. The normalized spacial score (nSPS) is 11.5. The lowest BCUT2D eigenvalue weighted by Gasteiger charge is -2.19. The van der Waals surface area contributed by atoms with Gasteiger partial charge in [-0.05, 0) is 163 Å². The van der Waals surface area contributed by atoms with Crippen LogP contribution in [0.15, 0.2) is 255 Å². The second-order valence-electron chi connectivity index (χ2n) is 36.6. The van der Waals surface area contributed by atoms with Gasteiger partial charge in [-0.25, -0.2) is 0 Å². The Balaban J connectivity index is 0.000000215. The van der Waals surface area contributed by atoms with E-state index >= 15 is 0 Å². The van der Waals surface area contributed by atoms with Crippen molar-refractivity contribution in [1.29, 1.82) is 0 Å². The summed E-state index contributed by atoms with van der Waals surface area (Å²) in [5.41, 5.74) is 9.75. The average Bonchev–Trinajstić information content (AvgIpc) is 0.795. The van der Waals surface area contributed by atoms with E-state index in [9.17, 15) is 60.7 Å². The number of aryl methyl sites for hydroxylation is 1. The molecule has 0 saturated heterocycles. The lowest BCUT2D eigenvalue weighted by molar-refractivity contribution is -0.385. The molecular weight excluding hydrogens is 1490 g/mol. The van der Waals surface area contributed by atoms with Crippen LogP contribution >= 0.6 is 0 Å². The number of non-ortho nitro benzene ring substituents is 4. The summed E-state index contributed by atoms with van der Waals surface area (Å²) in [5, 5.41) is 79.1. The van der Waals surface area contributed by atoms with Gasteiger partial charge >= 0.3 is 0 Å². The van der Waals surface area contributed by atoms with Crippen molar-refractivity contribution in [2.75, 3.05) is 0 Å². The van der Waals surface area contributed by atoms with Crippen molar-refractivity contribution in [1.82, 2.24) is 0 Å². The summed E-state index contributed by atoms with van der Waals surface area (Å²) in [6, 6.07) is 80.2. The molecule has 0 spiro atoms. The summed E-state index contributed by atoms with van der Waals surface area (Å²) in [5.74, 6) is 0. The maximum Gasteiger partial charge on any atom is 0.280 e. The molecule has 0 fully saturated rings. The molecule has 0 unspecified atom stereocenters. The maximum atomic E-state index is 11.3. The Morgan fingerprint density at radius 1 is 0.210 bits per heavy atom. The standard InChI is InChI=1S/C15H18.6C14H15NO2.2CH4/c1-11-5-6-12-7-8-14(15(2,3)4)10-13(12)9-11;1-14(2,3)12-6-4-11-9-13(15(16)17)7-5-10(11)8-12;1-14(2,3)11-7-8-12-10(9-11)5-4-6-13(12)15(16)17;1-14(2,3)11-8-7-10-5-4-6-13(15(16)17)12(10)9-11;1-14(2,3)11-8-10-6-4-5-7-12(10)13(9-11)15(16)17;1-14(2,3)12-8-10-6-4-5-7-11(10)9-13(12)15(16)17;1-14(2,3)12-9-8-10-6-4-5-7-11(10)13(12)15(16)17;;/h5-10H,1-4H3;6*4-9H,1-3H3;2*1H4. The van der Waals surface area contributed by atoms with Crippen LogP contribution in [0.25, 0.3) is 75.4 Å². The number of nitrogens with zero attached hydrogens (tertiary/aromatic N) is 6. The number of benzene rings is 14. The van der Waals surface area contributed by atoms with Crippen LogP contribution in [0.2, 0.25) is 0 Å². The van der Waals surface area contributed by atoms with E-state index in [2.05, 4.69) is 153 Å². The van der Waals surface area contributed by atoms with Gasteiger partial charge in [0.15, 0.2) is 0 Å². The van der Waals surface area contributed by atoms with E-state index in [1.54, 1.807) is 54.6 Å². The zero-order chi connectivity index (χ0) is 86.8. The van der Waals surface area contributed by atoms with Crippen molar-refractivity contribution in [2.24, 2.45) is 0 Å². The Labute approximate surface area is 700 Å². The second kappa shape index (κ2) is 38.1. The minimum atomic E-state index is -0.364. The molecular formula is C101H116N6O12. The van der Waals surface area contributed by atoms with Gasteiger partial charge in [-0.3, -0.25) is 60.7 Å². The SMILES string of the molecule is C.C.CC(C)(C)c1cc([N+](=O)[O-])c2ccccc2c1.CC(C)(C)c1cc2ccccc2cc1[N+](=O)[O-].CC(C)(C)c1ccc2c([N+](=O)[O-])cccc2c1.CC(C)(C)c1ccc2cc([N+](=O)[O-])ccc2c1.CC(C)(C)c1ccc2cccc([N+](=O)[O-])c2c1.CC(C)(C)c1ccc2ccccc2c1[N+](=O)[O-].Cc1ccc2ccc(C(C)(C)C)cc2c1. The summed E-state index contributed by atoms with van der Waals surface area (Å²) >= 11 is 0. The molecule has 0 aliphatic carbocycles. The summed E-state index contributed by atoms with van der Waals surface area (Å²) in [7, 11) is 0. The summed E-state index contributed by atoms with van der Waals surface area (Å²) in [6.45, 7) is 46.2. The maximum absolute atomic E-state index is 11.3. The molecule has 0 aliphatic rings. The van der Waals surface area contributed by atoms with Crippen LogP contribution in [-0.2, 0) is 37.9 Å². The van der Waals surface area contributed by atoms with Gasteiger partial charge in [-0.2, -0.15) is 0 Å². The molecule has 0 aliphatic heterocycles. The van der Waals surface area contributed by atoms with E-state index in [1.165, 1.54) is 33.0 Å². The largest absolute Gasteiger partial charge is 0.280 e. The molecule has 0 atom stereocenters. The van der Waals surface area contributed by atoms with Crippen molar-refractivity contribution in [3.05, 3.63) is 360 Å². The van der Waals surface area contributed by atoms with Crippen molar-refractivity contribution >= 4 is 110 Å². The van der Waals surface area contributed by atoms with Crippen LogP contribution in [0.4, 0.5) is 34.1 Å². The number of rotatable bonds is 6. The molecule has 14 aromatic carbocycles. The summed E-state index contributed by atoms with van der Waals surface area (Å²) in [6.07, 6.45) is 0. The number of nitro benzene ring substituents is 6. The zero-order valence-corrected chi connectivity index (χ0v) is 71.3. The molecule has 0 amide bonds. The quantitative estimate of drug-likeness (QED) is 0.111. The van der Waals surface area contributed by atoms with Gasteiger partial charge in [-0.15, -0.1) is 0 Å². The summed E-state index contributed by atoms with van der Waals surface area (Å²) in [4.78, 5) is 64.2. The Hall–Kier alpha value is -12.7. The molecule has 0 heterocycles. The lowest BCUT2D eigenvalue weighted by Crippen LogP contribution is -2.13. The molecule has 0 bridgehead atoms. The molecule has 0 N–H and O–H groups in total. The van der Waals surface area contributed by atoms with E-state index in [0.29, 0.717) is 21.5 Å². The first-order chi connectivity index (χ1) is 54.3. The fraction of sp³-hybridized carbons (Fsp3) is 0.307. The predicted octanol–water partition coefficient (Wildman–Crippen LogP) is 30.0. The number of nitro groups is 6. The van der Waals surface area contributed by atoms with Crippen LogP contribution in [0.3, 0.4) is 0 Å². The van der Waals surface area contributed by atoms with E-state index in [1.807, 2.05) is 199 Å². The molecule has 18 nitrogen and oxygen atoms in total. The number of hydrogen-bond donors (Lipinski definition) is 0. The average molecular weight is 1610 g/mol. The Morgan fingerprint density at radius 2 is 0.555 bits per heavy atom. The fourth-order valence-electron chi connectivity index (χ4n) is 13.3. The molecule has 18 heteroatoms. The third-order valence-corrected chi connectivity index (χ3v) is 20.3. The molecule has 119 heavy (non-hydrogen) atoms. The second-order valence-corrected chi connectivity index (χ2v) is 36.6. The topological polar surface area (TPSA) is 259 Å². The highest BCUT2D eigenvalue weighted by Gasteiger charge is 2.29. The number of hydrogen-bond acceptors (Lipinski definition) is 12. The van der Waals surface area contributed by atoms with Gasteiger partial charge in [0.1, 0.15) is 0 Å². The van der Waals surface area contributed by atoms with Crippen LogP contribution in [0.1, 0.15) is 205 Å². The molecule has 14 aromatic rings. The summed E-state index contributed by atoms with van der Waals surface area (Å²) < 4.78 is 0. The fourth-order valence-corrected chi connectivity index (χ4v) is 13.3. The highest BCUT2D eigenvalue weighted by Crippen LogP contribution is 2.40. The third-order valence-electron chi connectivity index (χ3n) is 20.3. The first kappa shape index (κ1) is 95.1. The molecule has 0 aromatic heterocycles. The first-order valence-electron chi connectivity index (χ1n) is 38.9. The van der Waals surface area contributed by atoms with E-state index in [4.69, 9.17) is 0 Å². The van der Waals surface area contributed by atoms with Gasteiger partial charge in [-0.1, -0.05) is 348 Å². The van der Waals surface area contributed by atoms with Crippen molar-refractivity contribution in [3.8, 4) is 0 Å². The van der Waals surface area contributed by atoms with Gasteiger partial charge in [0, 0.05) is 47.5 Å². The van der Waals surface area contributed by atoms with E-state index < -0.39 is 0 Å². The monoisotopic (exact) mass is 1600 g/mol. The van der Waals surface area contributed by atoms with Crippen LogP contribution in [0, 0.1) is 67.6 Å². The molecule has 0 saturated carbocycles. The van der Waals surface area contributed by atoms with Gasteiger partial charge < -0.3 is 0 Å². The van der Waals surface area contributed by atoms with Crippen molar-refractivity contribution in [2.45, 2.75) is 205 Å². The van der Waals surface area contributed by atoms with Crippen molar-refractivity contribution in [3.63, 3.8) is 0 Å². The molecule has 14 rings (SSSR count). The number of fused-ring (bicyclic) bond motifs is 7. The molecule has 0 radical (unpaired) electrons. The van der Waals surface area contributed by atoms with Gasteiger partial charge in [0.2, 0.25) is 0 Å².